The zero-order chi connectivity index (χ0) is 15.9. The standard InChI is InChI=1S/C19H16N2O2/c22-19(9-8-15-5-2-1-3-6-15)21-13-16-11-17(14-20-12-16)18-7-4-10-23-18/h1-12,14H,13H2,(H,21,22)/b9-8+. The van der Waals surface area contributed by atoms with Crippen molar-refractivity contribution in [2.75, 3.05) is 0 Å². The Labute approximate surface area is 134 Å². The number of rotatable bonds is 5. The fourth-order valence-corrected chi connectivity index (χ4v) is 2.15. The van der Waals surface area contributed by atoms with E-state index >= 15 is 0 Å². The molecule has 1 N–H and O–H groups in total. The average Bonchev–Trinajstić information content (AvgIpc) is 3.14. The van der Waals surface area contributed by atoms with Crippen molar-refractivity contribution in [1.82, 2.24) is 10.3 Å². The number of nitrogens with zero attached hydrogens (tertiary/aromatic N) is 1. The molecule has 3 aromatic rings. The molecule has 2 heterocycles. The summed E-state index contributed by atoms with van der Waals surface area (Å²) in [5.74, 6) is 0.618. The lowest BCUT2D eigenvalue weighted by atomic mass is 10.1. The highest BCUT2D eigenvalue weighted by Gasteiger charge is 2.03. The minimum atomic E-state index is -0.141. The van der Waals surface area contributed by atoms with Crippen LogP contribution in [0.4, 0.5) is 0 Å². The van der Waals surface area contributed by atoms with Crippen LogP contribution < -0.4 is 5.32 Å². The Morgan fingerprint density at radius 3 is 2.78 bits per heavy atom. The second kappa shape index (κ2) is 7.22. The Balaban J connectivity index is 1.59. The number of amides is 1. The number of hydrogen-bond acceptors (Lipinski definition) is 3. The Hall–Kier alpha value is -3.14. The van der Waals surface area contributed by atoms with Gasteiger partial charge in [-0.1, -0.05) is 30.3 Å². The molecular formula is C19H16N2O2. The highest BCUT2D eigenvalue weighted by atomic mass is 16.3. The summed E-state index contributed by atoms with van der Waals surface area (Å²) in [6.07, 6.45) is 8.40. The maximum Gasteiger partial charge on any atom is 0.244 e. The van der Waals surface area contributed by atoms with Crippen LogP contribution in [0.2, 0.25) is 0 Å². The van der Waals surface area contributed by atoms with Gasteiger partial charge in [0.1, 0.15) is 5.76 Å². The van der Waals surface area contributed by atoms with Crippen molar-refractivity contribution < 1.29 is 9.21 Å². The molecule has 0 spiro atoms. The molecule has 0 aliphatic heterocycles. The molecule has 4 nitrogen and oxygen atoms in total. The molecule has 0 bridgehead atoms. The first-order valence-corrected chi connectivity index (χ1v) is 7.30. The summed E-state index contributed by atoms with van der Waals surface area (Å²) in [4.78, 5) is 16.0. The van der Waals surface area contributed by atoms with E-state index < -0.39 is 0 Å². The molecule has 0 radical (unpaired) electrons. The van der Waals surface area contributed by atoms with E-state index in [1.807, 2.05) is 48.5 Å². The summed E-state index contributed by atoms with van der Waals surface area (Å²) in [5.41, 5.74) is 2.80. The fourth-order valence-electron chi connectivity index (χ4n) is 2.15. The van der Waals surface area contributed by atoms with Gasteiger partial charge in [0.05, 0.1) is 6.26 Å². The number of hydrogen-bond donors (Lipinski definition) is 1. The Bertz CT molecular complexity index is 793. The van der Waals surface area contributed by atoms with Gasteiger partial charge in [0, 0.05) is 30.6 Å². The third-order valence-corrected chi connectivity index (χ3v) is 3.29. The minimum absolute atomic E-state index is 0.141. The van der Waals surface area contributed by atoms with Crippen molar-refractivity contribution >= 4 is 12.0 Å². The molecule has 0 fully saturated rings. The number of nitrogens with one attached hydrogen (secondary N) is 1. The summed E-state index contributed by atoms with van der Waals surface area (Å²) in [7, 11) is 0. The van der Waals surface area contributed by atoms with Gasteiger partial charge in [0.15, 0.2) is 0 Å². The summed E-state index contributed by atoms with van der Waals surface area (Å²) >= 11 is 0. The van der Waals surface area contributed by atoms with E-state index in [2.05, 4.69) is 10.3 Å². The summed E-state index contributed by atoms with van der Waals surface area (Å²) in [6.45, 7) is 0.416. The lowest BCUT2D eigenvalue weighted by Crippen LogP contribution is -2.20. The molecule has 0 unspecified atom stereocenters. The van der Waals surface area contributed by atoms with E-state index in [-0.39, 0.29) is 5.91 Å². The van der Waals surface area contributed by atoms with Gasteiger partial charge >= 0.3 is 0 Å². The Morgan fingerprint density at radius 1 is 1.13 bits per heavy atom. The van der Waals surface area contributed by atoms with Gasteiger partial charge in [-0.05, 0) is 35.4 Å². The van der Waals surface area contributed by atoms with E-state index in [1.165, 1.54) is 6.08 Å². The van der Waals surface area contributed by atoms with Gasteiger partial charge in [0.2, 0.25) is 5.91 Å². The minimum Gasteiger partial charge on any atom is -0.464 e. The van der Waals surface area contributed by atoms with E-state index in [0.29, 0.717) is 6.54 Å². The van der Waals surface area contributed by atoms with E-state index in [4.69, 9.17) is 4.42 Å². The third-order valence-electron chi connectivity index (χ3n) is 3.29. The number of carbonyl (C=O) groups excluding carboxylic acids is 1. The maximum absolute atomic E-state index is 11.9. The lowest BCUT2D eigenvalue weighted by Gasteiger charge is -2.04. The Morgan fingerprint density at radius 2 is 2.00 bits per heavy atom. The molecule has 114 valence electrons. The van der Waals surface area contributed by atoms with Crippen LogP contribution in [0.25, 0.3) is 17.4 Å². The predicted molar refractivity (Wildman–Crippen MR) is 89.3 cm³/mol. The van der Waals surface area contributed by atoms with Gasteiger partial charge in [0.25, 0.3) is 0 Å². The highest BCUT2D eigenvalue weighted by molar-refractivity contribution is 5.91. The molecule has 2 aromatic heterocycles. The van der Waals surface area contributed by atoms with Crippen LogP contribution in [-0.4, -0.2) is 10.9 Å². The molecule has 0 aliphatic carbocycles. The van der Waals surface area contributed by atoms with E-state index in [0.717, 1.165) is 22.5 Å². The second-order valence-electron chi connectivity index (χ2n) is 5.02. The molecule has 23 heavy (non-hydrogen) atoms. The molecule has 0 saturated heterocycles. The number of aromatic nitrogens is 1. The molecule has 1 amide bonds. The molecule has 0 saturated carbocycles. The number of benzene rings is 1. The van der Waals surface area contributed by atoms with Crippen LogP contribution >= 0.6 is 0 Å². The first kappa shape index (κ1) is 14.8. The molecule has 0 atom stereocenters. The molecule has 0 aliphatic rings. The SMILES string of the molecule is O=C(/C=C/c1ccccc1)NCc1cncc(-c2ccco2)c1. The molecular weight excluding hydrogens is 288 g/mol. The fraction of sp³-hybridized carbons (Fsp3) is 0.0526. The van der Waals surface area contributed by atoms with Gasteiger partial charge in [-0.15, -0.1) is 0 Å². The van der Waals surface area contributed by atoms with Gasteiger partial charge in [-0.3, -0.25) is 9.78 Å². The summed E-state index contributed by atoms with van der Waals surface area (Å²) in [5, 5.41) is 2.85. The van der Waals surface area contributed by atoms with Crippen molar-refractivity contribution in [1.29, 1.82) is 0 Å². The molecule has 1 aromatic carbocycles. The van der Waals surface area contributed by atoms with Crippen LogP contribution in [-0.2, 0) is 11.3 Å². The normalized spacial score (nSPS) is 10.8. The number of carbonyl (C=O) groups is 1. The van der Waals surface area contributed by atoms with Crippen LogP contribution in [0, 0.1) is 0 Å². The van der Waals surface area contributed by atoms with Crippen molar-refractivity contribution in [3.63, 3.8) is 0 Å². The first-order valence-electron chi connectivity index (χ1n) is 7.30. The largest absolute Gasteiger partial charge is 0.464 e. The zero-order valence-electron chi connectivity index (χ0n) is 12.5. The predicted octanol–water partition coefficient (Wildman–Crippen LogP) is 3.67. The Kier molecular flexibility index (Phi) is 4.64. The topological polar surface area (TPSA) is 55.1 Å². The number of furan rings is 1. The van der Waals surface area contributed by atoms with Gasteiger partial charge < -0.3 is 9.73 Å². The van der Waals surface area contributed by atoms with Crippen molar-refractivity contribution in [3.05, 3.63) is 84.4 Å². The third kappa shape index (κ3) is 4.17. The zero-order valence-corrected chi connectivity index (χ0v) is 12.5. The first-order chi connectivity index (χ1) is 11.3. The van der Waals surface area contributed by atoms with Crippen LogP contribution in [0.1, 0.15) is 11.1 Å². The van der Waals surface area contributed by atoms with Crippen molar-refractivity contribution in [2.45, 2.75) is 6.54 Å². The molecule has 4 heteroatoms. The summed E-state index contributed by atoms with van der Waals surface area (Å²) < 4.78 is 5.35. The smallest absolute Gasteiger partial charge is 0.244 e. The van der Waals surface area contributed by atoms with Crippen LogP contribution in [0.3, 0.4) is 0 Å². The van der Waals surface area contributed by atoms with Crippen LogP contribution in [0.5, 0.6) is 0 Å². The average molecular weight is 304 g/mol. The van der Waals surface area contributed by atoms with E-state index in [1.54, 1.807) is 24.7 Å². The van der Waals surface area contributed by atoms with Gasteiger partial charge in [-0.2, -0.15) is 0 Å². The van der Waals surface area contributed by atoms with Crippen LogP contribution in [0.15, 0.2) is 77.7 Å². The summed E-state index contributed by atoms with van der Waals surface area (Å²) in [6, 6.07) is 15.4. The van der Waals surface area contributed by atoms with Crippen molar-refractivity contribution in [3.8, 4) is 11.3 Å². The second-order valence-corrected chi connectivity index (χ2v) is 5.02. The van der Waals surface area contributed by atoms with E-state index in [9.17, 15) is 4.79 Å². The monoisotopic (exact) mass is 304 g/mol. The maximum atomic E-state index is 11.9. The molecule has 3 rings (SSSR count). The quantitative estimate of drug-likeness (QED) is 0.732. The lowest BCUT2D eigenvalue weighted by molar-refractivity contribution is -0.116. The van der Waals surface area contributed by atoms with Crippen molar-refractivity contribution in [2.24, 2.45) is 0 Å². The number of pyridine rings is 1. The van der Waals surface area contributed by atoms with Gasteiger partial charge in [-0.25, -0.2) is 0 Å². The highest BCUT2D eigenvalue weighted by Crippen LogP contribution is 2.19.